The maximum Gasteiger partial charge on any atom is 0.320 e. The average molecular weight is 397 g/mol. The molecule has 1 aliphatic heterocycles. The molecule has 1 atom stereocenters. The number of benzene rings is 1. The van der Waals surface area contributed by atoms with Gasteiger partial charge in [-0.2, -0.15) is 0 Å². The van der Waals surface area contributed by atoms with Gasteiger partial charge in [0, 0.05) is 28.8 Å². The van der Waals surface area contributed by atoms with Crippen molar-refractivity contribution in [2.24, 2.45) is 0 Å². The topological polar surface area (TPSA) is 78.5 Å². The number of ether oxygens (including phenoxy) is 1. The molecular weight excluding hydrogens is 373 g/mol. The SMILES string of the molecule is COc1ccc(F)cc1-c1ccnc2[nH]c(C3CCN(C(C)C(=O)O)CC3)cc12. The summed E-state index contributed by atoms with van der Waals surface area (Å²) >= 11 is 0. The molecule has 152 valence electrons. The van der Waals surface area contributed by atoms with Crippen molar-refractivity contribution in [3.05, 3.63) is 48.0 Å². The summed E-state index contributed by atoms with van der Waals surface area (Å²) in [6.45, 7) is 3.21. The number of carboxylic acids is 1. The zero-order valence-electron chi connectivity index (χ0n) is 16.5. The van der Waals surface area contributed by atoms with Crippen molar-refractivity contribution in [3.63, 3.8) is 0 Å². The van der Waals surface area contributed by atoms with E-state index in [1.807, 2.05) is 11.0 Å². The van der Waals surface area contributed by atoms with Gasteiger partial charge in [-0.05, 0) is 68.8 Å². The number of fused-ring (bicyclic) bond motifs is 1. The summed E-state index contributed by atoms with van der Waals surface area (Å²) in [5.41, 5.74) is 3.39. The molecule has 3 aromatic rings. The summed E-state index contributed by atoms with van der Waals surface area (Å²) < 4.78 is 19.3. The fraction of sp³-hybridized carbons (Fsp3) is 0.364. The van der Waals surface area contributed by atoms with Gasteiger partial charge in [0.2, 0.25) is 0 Å². The van der Waals surface area contributed by atoms with E-state index in [2.05, 4.69) is 16.0 Å². The summed E-state index contributed by atoms with van der Waals surface area (Å²) in [5.74, 6) is -0.185. The van der Waals surface area contributed by atoms with Crippen molar-refractivity contribution in [2.45, 2.75) is 31.7 Å². The number of nitrogens with one attached hydrogen (secondary N) is 1. The molecular formula is C22H24FN3O3. The molecule has 7 heteroatoms. The quantitative estimate of drug-likeness (QED) is 0.680. The number of carboxylic acid groups (broad SMARTS) is 1. The number of carbonyl (C=O) groups is 1. The van der Waals surface area contributed by atoms with Crippen LogP contribution in [0.4, 0.5) is 4.39 Å². The molecule has 1 unspecified atom stereocenters. The molecule has 0 amide bonds. The minimum absolute atomic E-state index is 0.309. The monoisotopic (exact) mass is 397 g/mol. The Morgan fingerprint density at radius 3 is 2.72 bits per heavy atom. The third-order valence-corrected chi connectivity index (χ3v) is 5.88. The van der Waals surface area contributed by atoms with Gasteiger partial charge in [0.1, 0.15) is 23.3 Å². The van der Waals surface area contributed by atoms with Gasteiger partial charge in [-0.15, -0.1) is 0 Å². The minimum Gasteiger partial charge on any atom is -0.496 e. The number of pyridine rings is 1. The summed E-state index contributed by atoms with van der Waals surface area (Å²) in [6.07, 6.45) is 3.46. The zero-order valence-corrected chi connectivity index (χ0v) is 16.5. The van der Waals surface area contributed by atoms with Crippen LogP contribution in [0.25, 0.3) is 22.2 Å². The summed E-state index contributed by atoms with van der Waals surface area (Å²) in [6, 6.07) is 7.98. The Bertz CT molecular complexity index is 1040. The number of rotatable bonds is 5. The Morgan fingerprint density at radius 2 is 2.03 bits per heavy atom. The molecule has 6 nitrogen and oxygen atoms in total. The van der Waals surface area contributed by atoms with Crippen LogP contribution >= 0.6 is 0 Å². The van der Waals surface area contributed by atoms with Crippen LogP contribution < -0.4 is 4.74 Å². The Kier molecular flexibility index (Phi) is 5.24. The first kappa shape index (κ1) is 19.4. The smallest absolute Gasteiger partial charge is 0.320 e. The third-order valence-electron chi connectivity index (χ3n) is 5.88. The second kappa shape index (κ2) is 7.83. The molecule has 1 aliphatic rings. The maximum absolute atomic E-state index is 13.9. The second-order valence-electron chi connectivity index (χ2n) is 7.51. The molecule has 0 radical (unpaired) electrons. The van der Waals surface area contributed by atoms with E-state index in [1.54, 1.807) is 26.3 Å². The highest BCUT2D eigenvalue weighted by molar-refractivity contribution is 5.95. The molecule has 1 saturated heterocycles. The van der Waals surface area contributed by atoms with Crippen molar-refractivity contribution in [2.75, 3.05) is 20.2 Å². The van der Waals surface area contributed by atoms with Crippen molar-refractivity contribution >= 4 is 17.0 Å². The summed E-state index contributed by atoms with van der Waals surface area (Å²) in [5, 5.41) is 10.1. The highest BCUT2D eigenvalue weighted by atomic mass is 19.1. The zero-order chi connectivity index (χ0) is 20.5. The number of nitrogens with zero attached hydrogens (tertiary/aromatic N) is 2. The molecule has 0 spiro atoms. The predicted molar refractivity (Wildman–Crippen MR) is 109 cm³/mol. The second-order valence-corrected chi connectivity index (χ2v) is 7.51. The number of halogens is 1. The first-order valence-corrected chi connectivity index (χ1v) is 9.76. The van der Waals surface area contributed by atoms with Gasteiger partial charge in [0.05, 0.1) is 7.11 Å². The molecule has 2 aromatic heterocycles. The van der Waals surface area contributed by atoms with E-state index < -0.39 is 12.0 Å². The van der Waals surface area contributed by atoms with Crippen LogP contribution in [-0.4, -0.2) is 52.2 Å². The lowest BCUT2D eigenvalue weighted by Gasteiger charge is -2.33. The standard InChI is InChI=1S/C22H24FN3O3/c1-13(22(27)28)26-9-6-14(7-10-26)19-12-18-16(5-8-24-21(18)25-19)17-11-15(23)3-4-20(17)29-2/h3-5,8,11-14H,6-7,9-10H2,1-2H3,(H,24,25)(H,27,28). The normalized spacial score (nSPS) is 16.8. The van der Waals surface area contributed by atoms with Crippen molar-refractivity contribution < 1.29 is 19.0 Å². The fourth-order valence-electron chi connectivity index (χ4n) is 4.15. The van der Waals surface area contributed by atoms with Gasteiger partial charge in [0.15, 0.2) is 0 Å². The molecule has 29 heavy (non-hydrogen) atoms. The highest BCUT2D eigenvalue weighted by Gasteiger charge is 2.28. The van der Waals surface area contributed by atoms with E-state index in [0.717, 1.165) is 48.2 Å². The Morgan fingerprint density at radius 1 is 1.28 bits per heavy atom. The molecule has 1 fully saturated rings. The fourth-order valence-corrected chi connectivity index (χ4v) is 4.15. The van der Waals surface area contributed by atoms with E-state index in [-0.39, 0.29) is 5.82 Å². The van der Waals surface area contributed by atoms with Crippen molar-refractivity contribution in [1.82, 2.24) is 14.9 Å². The first-order valence-electron chi connectivity index (χ1n) is 9.76. The highest BCUT2D eigenvalue weighted by Crippen LogP contribution is 2.37. The number of hydrogen-bond donors (Lipinski definition) is 2. The van der Waals surface area contributed by atoms with Crippen LogP contribution in [0.3, 0.4) is 0 Å². The number of hydrogen-bond acceptors (Lipinski definition) is 4. The van der Waals surface area contributed by atoms with E-state index in [0.29, 0.717) is 17.2 Å². The lowest BCUT2D eigenvalue weighted by atomic mass is 9.92. The Labute approximate surface area is 168 Å². The average Bonchev–Trinajstić information content (AvgIpc) is 3.17. The number of H-pyrrole nitrogens is 1. The summed E-state index contributed by atoms with van der Waals surface area (Å²) in [4.78, 5) is 21.1. The van der Waals surface area contributed by atoms with Gasteiger partial charge in [-0.25, -0.2) is 9.37 Å². The van der Waals surface area contributed by atoms with Gasteiger partial charge in [-0.3, -0.25) is 9.69 Å². The molecule has 0 saturated carbocycles. The van der Waals surface area contributed by atoms with Crippen LogP contribution in [0.5, 0.6) is 5.75 Å². The number of aromatic amines is 1. The molecule has 1 aromatic carbocycles. The molecule has 0 aliphatic carbocycles. The van der Waals surface area contributed by atoms with E-state index in [9.17, 15) is 14.3 Å². The lowest BCUT2D eigenvalue weighted by Crippen LogP contribution is -2.43. The molecule has 4 rings (SSSR count). The first-order chi connectivity index (χ1) is 14.0. The van der Waals surface area contributed by atoms with E-state index in [1.165, 1.54) is 12.1 Å². The van der Waals surface area contributed by atoms with Gasteiger partial charge in [-0.1, -0.05) is 0 Å². The number of piperidine rings is 1. The van der Waals surface area contributed by atoms with E-state index in [4.69, 9.17) is 4.74 Å². The predicted octanol–water partition coefficient (Wildman–Crippen LogP) is 4.03. The largest absolute Gasteiger partial charge is 0.496 e. The number of aliphatic carboxylic acids is 1. The number of aromatic nitrogens is 2. The van der Waals surface area contributed by atoms with E-state index >= 15 is 0 Å². The van der Waals surface area contributed by atoms with Crippen LogP contribution in [0, 0.1) is 5.82 Å². The lowest BCUT2D eigenvalue weighted by molar-refractivity contribution is -0.143. The molecule has 2 N–H and O–H groups in total. The van der Waals surface area contributed by atoms with Crippen LogP contribution in [0.2, 0.25) is 0 Å². The van der Waals surface area contributed by atoms with Crippen LogP contribution in [0.1, 0.15) is 31.4 Å². The molecule has 0 bridgehead atoms. The van der Waals surface area contributed by atoms with Crippen LogP contribution in [-0.2, 0) is 4.79 Å². The number of likely N-dealkylation sites (tertiary alicyclic amines) is 1. The molecule has 3 heterocycles. The Hall–Kier alpha value is -2.93. The number of methoxy groups -OCH3 is 1. The van der Waals surface area contributed by atoms with Crippen molar-refractivity contribution in [3.8, 4) is 16.9 Å². The summed E-state index contributed by atoms with van der Waals surface area (Å²) in [7, 11) is 1.57. The van der Waals surface area contributed by atoms with Gasteiger partial charge in [0.25, 0.3) is 0 Å². The Balaban J connectivity index is 1.64. The van der Waals surface area contributed by atoms with Gasteiger partial charge < -0.3 is 14.8 Å². The minimum atomic E-state index is -0.785. The maximum atomic E-state index is 13.9. The third kappa shape index (κ3) is 3.70. The van der Waals surface area contributed by atoms with Crippen LogP contribution in [0.15, 0.2) is 36.5 Å². The van der Waals surface area contributed by atoms with Gasteiger partial charge >= 0.3 is 5.97 Å². The van der Waals surface area contributed by atoms with Crippen molar-refractivity contribution in [1.29, 1.82) is 0 Å².